The molecule has 0 saturated carbocycles. The molecule has 0 saturated heterocycles. The maximum atomic E-state index is 13.6. The maximum absolute atomic E-state index is 13.6. The molecule has 1 aliphatic heterocycles. The van der Waals surface area contributed by atoms with Gasteiger partial charge in [-0.15, -0.1) is 0 Å². The fourth-order valence-electron chi connectivity index (χ4n) is 4.31. The quantitative estimate of drug-likeness (QED) is 0.501. The van der Waals surface area contributed by atoms with Crippen LogP contribution in [0.1, 0.15) is 33.1 Å². The van der Waals surface area contributed by atoms with Crippen LogP contribution in [0, 0.1) is 0 Å². The molecular weight excluding hydrogens is 442 g/mol. The monoisotopic (exact) mass is 467 g/mol. The zero-order valence-corrected chi connectivity index (χ0v) is 19.8. The van der Waals surface area contributed by atoms with Gasteiger partial charge < -0.3 is 23.8 Å². The minimum absolute atomic E-state index is 0.0770. The summed E-state index contributed by atoms with van der Waals surface area (Å²) in [5, 5.41) is 0.587. The van der Waals surface area contributed by atoms with Gasteiger partial charge in [-0.3, -0.25) is 4.79 Å². The second kappa shape index (κ2) is 9.63. The number of carbonyl (C=O) groups is 1. The molecule has 0 aliphatic carbocycles. The largest absolute Gasteiger partial charge is 0.493 e. The van der Waals surface area contributed by atoms with Gasteiger partial charge in [0.05, 0.1) is 34.5 Å². The fraction of sp³-hybridized carbons (Fsp3) is 0.269. The van der Waals surface area contributed by atoms with E-state index in [-0.39, 0.29) is 11.9 Å². The van der Waals surface area contributed by atoms with E-state index in [1.165, 1.54) is 0 Å². The molecule has 0 bridgehead atoms. The number of nitrogens with zero attached hydrogens (tertiary/aromatic N) is 1. The van der Waals surface area contributed by atoms with Crippen molar-refractivity contribution in [1.82, 2.24) is 4.90 Å². The van der Waals surface area contributed by atoms with E-state index in [4.69, 9.17) is 30.5 Å². The van der Waals surface area contributed by atoms with Gasteiger partial charge in [0.2, 0.25) is 0 Å². The SMILES string of the molecule is COc1ccc([C@H]2c3cc(OC)c(OC)cc3CCN2C(=O)c2ccc(Cl)cc2)cc1OC. The summed E-state index contributed by atoms with van der Waals surface area (Å²) in [5.41, 5.74) is 3.57. The molecule has 0 radical (unpaired) electrons. The molecule has 7 heteroatoms. The van der Waals surface area contributed by atoms with Crippen molar-refractivity contribution in [3.63, 3.8) is 0 Å². The van der Waals surface area contributed by atoms with Crippen LogP contribution in [-0.4, -0.2) is 45.8 Å². The van der Waals surface area contributed by atoms with Crippen molar-refractivity contribution >= 4 is 17.5 Å². The molecule has 172 valence electrons. The van der Waals surface area contributed by atoms with Crippen molar-refractivity contribution in [2.45, 2.75) is 12.5 Å². The Bertz CT molecular complexity index is 1160. The number of carbonyl (C=O) groups excluding carboxylic acids is 1. The molecule has 0 aromatic heterocycles. The maximum Gasteiger partial charge on any atom is 0.254 e. The van der Waals surface area contributed by atoms with Gasteiger partial charge in [-0.25, -0.2) is 0 Å². The van der Waals surface area contributed by atoms with Crippen LogP contribution in [0.25, 0.3) is 0 Å². The van der Waals surface area contributed by atoms with Crippen LogP contribution in [-0.2, 0) is 6.42 Å². The molecule has 3 aromatic carbocycles. The highest BCUT2D eigenvalue weighted by Crippen LogP contribution is 2.43. The Morgan fingerprint density at radius 3 is 2.06 bits per heavy atom. The van der Waals surface area contributed by atoms with Gasteiger partial charge in [0.15, 0.2) is 23.0 Å². The number of rotatable bonds is 6. The lowest BCUT2D eigenvalue weighted by atomic mass is 9.87. The summed E-state index contributed by atoms with van der Waals surface area (Å²) in [6, 6.07) is 16.3. The van der Waals surface area contributed by atoms with Crippen LogP contribution < -0.4 is 18.9 Å². The smallest absolute Gasteiger partial charge is 0.254 e. The lowest BCUT2D eigenvalue weighted by Gasteiger charge is -2.38. The Kier molecular flexibility index (Phi) is 6.65. The highest BCUT2D eigenvalue weighted by Gasteiger charge is 2.34. The number of benzene rings is 3. The Labute approximate surface area is 198 Å². The standard InChI is InChI=1S/C26H26ClNO5/c1-30-21-10-7-18(14-22(21)31-2)25-20-15-24(33-4)23(32-3)13-17(20)11-12-28(25)26(29)16-5-8-19(27)9-6-16/h5-10,13-15,25H,11-12H2,1-4H3/t25-/m0/s1. The summed E-state index contributed by atoms with van der Waals surface area (Å²) in [6.45, 7) is 0.545. The predicted molar refractivity (Wildman–Crippen MR) is 127 cm³/mol. The second-order valence-corrected chi connectivity index (χ2v) is 8.11. The van der Waals surface area contributed by atoms with E-state index in [1.807, 2.05) is 35.2 Å². The van der Waals surface area contributed by atoms with Gasteiger partial charge in [0.1, 0.15) is 0 Å². The summed E-state index contributed by atoms with van der Waals surface area (Å²) in [4.78, 5) is 15.5. The highest BCUT2D eigenvalue weighted by atomic mass is 35.5. The first-order valence-electron chi connectivity index (χ1n) is 10.5. The van der Waals surface area contributed by atoms with Gasteiger partial charge in [0.25, 0.3) is 5.91 Å². The molecule has 1 amide bonds. The predicted octanol–water partition coefficient (Wildman–Crippen LogP) is 5.16. The van der Waals surface area contributed by atoms with Crippen LogP contribution in [0.3, 0.4) is 0 Å². The van der Waals surface area contributed by atoms with E-state index in [9.17, 15) is 4.79 Å². The number of methoxy groups -OCH3 is 4. The summed E-state index contributed by atoms with van der Waals surface area (Å²) in [7, 11) is 6.42. The number of fused-ring (bicyclic) bond motifs is 1. The minimum atomic E-state index is -0.350. The van der Waals surface area contributed by atoms with Crippen molar-refractivity contribution in [1.29, 1.82) is 0 Å². The molecule has 0 N–H and O–H groups in total. The van der Waals surface area contributed by atoms with Crippen LogP contribution in [0.5, 0.6) is 23.0 Å². The zero-order valence-electron chi connectivity index (χ0n) is 19.1. The summed E-state index contributed by atoms with van der Waals surface area (Å²) in [6.07, 6.45) is 0.693. The second-order valence-electron chi connectivity index (χ2n) is 7.68. The van der Waals surface area contributed by atoms with E-state index >= 15 is 0 Å². The van der Waals surface area contributed by atoms with Crippen LogP contribution in [0.15, 0.2) is 54.6 Å². The van der Waals surface area contributed by atoms with E-state index in [0.717, 1.165) is 16.7 Å². The topological polar surface area (TPSA) is 57.2 Å². The van der Waals surface area contributed by atoms with Gasteiger partial charge >= 0.3 is 0 Å². The third kappa shape index (κ3) is 4.31. The van der Waals surface area contributed by atoms with E-state index in [1.54, 1.807) is 52.7 Å². The first-order valence-corrected chi connectivity index (χ1v) is 10.9. The summed E-state index contributed by atoms with van der Waals surface area (Å²) < 4.78 is 22.0. The van der Waals surface area contributed by atoms with Crippen molar-refractivity contribution in [3.05, 3.63) is 81.9 Å². The first kappa shape index (κ1) is 22.8. The number of amides is 1. The zero-order chi connectivity index (χ0) is 23.5. The van der Waals surface area contributed by atoms with E-state index in [0.29, 0.717) is 46.5 Å². The molecule has 0 unspecified atom stereocenters. The molecule has 3 aromatic rings. The molecule has 0 spiro atoms. The highest BCUT2D eigenvalue weighted by molar-refractivity contribution is 6.30. The first-order chi connectivity index (χ1) is 16.0. The third-order valence-corrected chi connectivity index (χ3v) is 6.20. The van der Waals surface area contributed by atoms with Crippen LogP contribution in [0.4, 0.5) is 0 Å². The van der Waals surface area contributed by atoms with E-state index in [2.05, 4.69) is 0 Å². The normalized spacial score (nSPS) is 14.9. The molecule has 0 fully saturated rings. The Balaban J connectivity index is 1.87. The minimum Gasteiger partial charge on any atom is -0.493 e. The van der Waals surface area contributed by atoms with Gasteiger partial charge in [-0.05, 0) is 71.6 Å². The van der Waals surface area contributed by atoms with E-state index < -0.39 is 0 Å². The molecule has 33 heavy (non-hydrogen) atoms. The Hall–Kier alpha value is -3.38. The van der Waals surface area contributed by atoms with Crippen molar-refractivity contribution in [2.75, 3.05) is 35.0 Å². The lowest BCUT2D eigenvalue weighted by molar-refractivity contribution is 0.0694. The number of hydrogen-bond acceptors (Lipinski definition) is 5. The van der Waals surface area contributed by atoms with Crippen LogP contribution >= 0.6 is 11.6 Å². The third-order valence-electron chi connectivity index (χ3n) is 5.95. The number of halogens is 1. The molecule has 1 aliphatic rings. The van der Waals surface area contributed by atoms with Crippen molar-refractivity contribution in [3.8, 4) is 23.0 Å². The molecule has 6 nitrogen and oxygen atoms in total. The van der Waals surface area contributed by atoms with Crippen LogP contribution in [0.2, 0.25) is 5.02 Å². The average molecular weight is 468 g/mol. The van der Waals surface area contributed by atoms with Crippen molar-refractivity contribution < 1.29 is 23.7 Å². The van der Waals surface area contributed by atoms with Crippen molar-refractivity contribution in [2.24, 2.45) is 0 Å². The lowest BCUT2D eigenvalue weighted by Crippen LogP contribution is -2.40. The molecule has 1 heterocycles. The summed E-state index contributed by atoms with van der Waals surface area (Å²) in [5.74, 6) is 2.43. The summed E-state index contributed by atoms with van der Waals surface area (Å²) >= 11 is 6.04. The van der Waals surface area contributed by atoms with Gasteiger partial charge in [0, 0.05) is 17.1 Å². The number of ether oxygens (including phenoxy) is 4. The Morgan fingerprint density at radius 1 is 0.818 bits per heavy atom. The fourth-order valence-corrected chi connectivity index (χ4v) is 4.43. The van der Waals surface area contributed by atoms with Gasteiger partial charge in [-0.1, -0.05) is 17.7 Å². The molecular formula is C26H26ClNO5. The molecule has 1 atom stereocenters. The van der Waals surface area contributed by atoms with Gasteiger partial charge in [-0.2, -0.15) is 0 Å². The average Bonchev–Trinajstić information content (AvgIpc) is 2.86. The molecule has 4 rings (SSSR count). The Morgan fingerprint density at radius 2 is 1.42 bits per heavy atom. The number of hydrogen-bond donors (Lipinski definition) is 0.